The van der Waals surface area contributed by atoms with Gasteiger partial charge in [-0.25, -0.2) is 13.8 Å². The van der Waals surface area contributed by atoms with Crippen molar-refractivity contribution in [2.24, 2.45) is 39.4 Å². The van der Waals surface area contributed by atoms with Crippen molar-refractivity contribution < 1.29 is 23.0 Å². The highest BCUT2D eigenvalue weighted by molar-refractivity contribution is 5.97. The van der Waals surface area contributed by atoms with E-state index in [9.17, 15) is 13.6 Å². The van der Waals surface area contributed by atoms with Crippen molar-refractivity contribution in [2.45, 2.75) is 72.3 Å². The fraction of sp³-hybridized carbons (Fsp3) is 0.531. The van der Waals surface area contributed by atoms with Crippen LogP contribution >= 0.6 is 0 Å². The van der Waals surface area contributed by atoms with Crippen LogP contribution in [0.3, 0.4) is 0 Å². The van der Waals surface area contributed by atoms with Crippen molar-refractivity contribution in [1.82, 2.24) is 0 Å². The Balaban J connectivity index is 0.00000274. The number of allylic oxidation sites excluding steroid dienone is 2. The average molecular weight is 558 g/mol. The number of hydrogen-bond donors (Lipinski definition) is 1. The van der Waals surface area contributed by atoms with Crippen LogP contribution in [-0.2, 0) is 9.53 Å². The van der Waals surface area contributed by atoms with Crippen LogP contribution in [0.25, 0.3) is 0 Å². The predicted octanol–water partition coefficient (Wildman–Crippen LogP) is 7.32. The van der Waals surface area contributed by atoms with Crippen LogP contribution in [0.4, 0.5) is 8.78 Å². The molecular weight excluding hydrogens is 512 g/mol. The Morgan fingerprint density at radius 2 is 1.98 bits per heavy atom. The number of benzene rings is 1. The van der Waals surface area contributed by atoms with Crippen molar-refractivity contribution in [2.75, 3.05) is 13.7 Å². The monoisotopic (exact) mass is 557 g/mol. The summed E-state index contributed by atoms with van der Waals surface area (Å²) in [6.07, 6.45) is 9.74. The molecule has 0 spiro atoms. The lowest BCUT2D eigenvalue weighted by molar-refractivity contribution is -0.119. The van der Waals surface area contributed by atoms with Gasteiger partial charge in [0.15, 0.2) is 0 Å². The van der Waals surface area contributed by atoms with Gasteiger partial charge in [-0.2, -0.15) is 0 Å². The third kappa shape index (κ3) is 10.4. The number of methoxy groups -OCH3 is 1. The fourth-order valence-corrected chi connectivity index (χ4v) is 4.96. The molecule has 3 rings (SSSR count). The average Bonchev–Trinajstić information content (AvgIpc) is 3.75. The second kappa shape index (κ2) is 16.1. The van der Waals surface area contributed by atoms with Gasteiger partial charge in [-0.05, 0) is 73.3 Å². The first-order valence-electron chi connectivity index (χ1n) is 14.2. The van der Waals surface area contributed by atoms with Gasteiger partial charge in [0.05, 0.1) is 25.1 Å². The van der Waals surface area contributed by atoms with Crippen molar-refractivity contribution in [1.29, 1.82) is 0 Å². The molecule has 0 saturated heterocycles. The molecule has 1 aliphatic heterocycles. The highest BCUT2D eigenvalue weighted by atomic mass is 19.1. The zero-order valence-electron chi connectivity index (χ0n) is 24.7. The molecule has 4 unspecified atom stereocenters. The summed E-state index contributed by atoms with van der Waals surface area (Å²) in [5.74, 6) is 0.0443. The molecule has 40 heavy (non-hydrogen) atoms. The summed E-state index contributed by atoms with van der Waals surface area (Å²) in [6.45, 7) is 13.5. The van der Waals surface area contributed by atoms with E-state index in [2.05, 4.69) is 25.4 Å². The van der Waals surface area contributed by atoms with E-state index >= 15 is 0 Å². The number of primary amides is 1. The molecule has 1 saturated carbocycles. The van der Waals surface area contributed by atoms with Crippen LogP contribution in [0.2, 0.25) is 0 Å². The Hall–Kier alpha value is -3.29. The second-order valence-corrected chi connectivity index (χ2v) is 10.6. The molecule has 220 valence electrons. The van der Waals surface area contributed by atoms with E-state index < -0.39 is 5.83 Å². The van der Waals surface area contributed by atoms with E-state index in [1.54, 1.807) is 25.3 Å². The van der Waals surface area contributed by atoms with E-state index in [1.165, 1.54) is 6.07 Å². The summed E-state index contributed by atoms with van der Waals surface area (Å²) >= 11 is 0. The number of carbonyl (C=O) groups excluding carboxylic acids is 1. The van der Waals surface area contributed by atoms with E-state index in [0.717, 1.165) is 25.5 Å². The molecule has 1 amide bonds. The van der Waals surface area contributed by atoms with Crippen molar-refractivity contribution in [3.63, 3.8) is 0 Å². The first kappa shape index (κ1) is 32.9. The molecular formula is C32H45F2N3O3. The number of dihydropyridines is 1. The standard InChI is InChI=1S/C30H39F2N3O3.C2H6/c1-18(2)12-28-24(26-14-23(37-5)9-11-27(26)32)10-8-22(35-28)17-38-30(34-16-20(4)31)13-19(3)25(15-29(33)36)21-6-7-21;1-2/h8-11,13-14,16,18-19,21,24-25,28H,4,6-7,12,15,17H2,1-3,5H3,(H2,33,36);1-2H3/b30-13+,34-16-;. The number of nitrogens with zero attached hydrogens (tertiary/aromatic N) is 2. The zero-order valence-corrected chi connectivity index (χ0v) is 24.7. The maximum atomic E-state index is 14.8. The van der Waals surface area contributed by atoms with Gasteiger partial charge in [0, 0.05) is 17.9 Å². The molecule has 1 aliphatic carbocycles. The summed E-state index contributed by atoms with van der Waals surface area (Å²) in [6, 6.07) is 4.55. The molecule has 1 aromatic carbocycles. The number of amides is 1. The minimum atomic E-state index is -0.696. The number of nitrogens with two attached hydrogens (primary N) is 1. The highest BCUT2D eigenvalue weighted by Crippen LogP contribution is 2.43. The van der Waals surface area contributed by atoms with Gasteiger partial charge in [0.2, 0.25) is 11.8 Å². The van der Waals surface area contributed by atoms with Gasteiger partial charge in [-0.1, -0.05) is 47.3 Å². The highest BCUT2D eigenvalue weighted by Gasteiger charge is 2.35. The van der Waals surface area contributed by atoms with Gasteiger partial charge in [0.25, 0.3) is 0 Å². The Morgan fingerprint density at radius 1 is 1.27 bits per heavy atom. The first-order chi connectivity index (χ1) is 19.1. The van der Waals surface area contributed by atoms with Crippen LogP contribution in [0, 0.1) is 29.5 Å². The van der Waals surface area contributed by atoms with Gasteiger partial charge in [-0.15, -0.1) is 0 Å². The van der Waals surface area contributed by atoms with Crippen molar-refractivity contribution >= 4 is 17.8 Å². The third-order valence-corrected chi connectivity index (χ3v) is 6.96. The molecule has 0 radical (unpaired) electrons. The second-order valence-electron chi connectivity index (χ2n) is 10.6. The third-order valence-electron chi connectivity index (χ3n) is 6.96. The smallest absolute Gasteiger partial charge is 0.217 e. The van der Waals surface area contributed by atoms with Crippen molar-refractivity contribution in [3.05, 3.63) is 66.1 Å². The lowest BCUT2D eigenvalue weighted by atomic mass is 9.84. The SMILES string of the molecule is C=C(F)/C=N\C(=C/C(C)C(CC(N)=O)C1CC1)OCC1=NC(CC(C)C)C(c2cc(OC)ccc2F)C=C1.CC. The fourth-order valence-electron chi connectivity index (χ4n) is 4.96. The number of halogens is 2. The maximum absolute atomic E-state index is 14.8. The van der Waals surface area contributed by atoms with Crippen LogP contribution in [0.1, 0.15) is 71.8 Å². The summed E-state index contributed by atoms with van der Waals surface area (Å²) in [7, 11) is 1.56. The molecule has 2 N–H and O–H groups in total. The van der Waals surface area contributed by atoms with E-state index in [1.807, 2.05) is 32.9 Å². The van der Waals surface area contributed by atoms with E-state index in [0.29, 0.717) is 28.9 Å². The van der Waals surface area contributed by atoms with Gasteiger partial charge >= 0.3 is 0 Å². The number of aliphatic imine (C=N–C) groups is 2. The lowest BCUT2D eigenvalue weighted by Gasteiger charge is -2.28. The van der Waals surface area contributed by atoms with Crippen LogP contribution in [-0.4, -0.2) is 37.6 Å². The molecule has 1 fully saturated rings. The van der Waals surface area contributed by atoms with Crippen LogP contribution in [0.15, 0.2) is 64.7 Å². The normalized spacial score (nSPS) is 20.4. The maximum Gasteiger partial charge on any atom is 0.217 e. The Bertz CT molecular complexity index is 1120. The Morgan fingerprint density at radius 3 is 2.55 bits per heavy atom. The summed E-state index contributed by atoms with van der Waals surface area (Å²) < 4.78 is 39.4. The van der Waals surface area contributed by atoms with Gasteiger partial charge < -0.3 is 15.2 Å². The topological polar surface area (TPSA) is 86.3 Å². The van der Waals surface area contributed by atoms with Crippen LogP contribution in [0.5, 0.6) is 5.75 Å². The van der Waals surface area contributed by atoms with E-state index in [4.69, 9.17) is 20.2 Å². The van der Waals surface area contributed by atoms with Crippen LogP contribution < -0.4 is 10.5 Å². The minimum Gasteiger partial charge on any atom is -0.497 e. The number of ether oxygens (including phenoxy) is 2. The molecule has 0 aromatic heterocycles. The number of rotatable bonds is 14. The molecule has 1 heterocycles. The molecule has 6 nitrogen and oxygen atoms in total. The quantitative estimate of drug-likeness (QED) is 0.192. The lowest BCUT2D eigenvalue weighted by Crippen LogP contribution is -2.25. The van der Waals surface area contributed by atoms with Gasteiger partial charge in [-0.3, -0.25) is 9.79 Å². The molecule has 1 aromatic rings. The molecule has 2 aliphatic rings. The summed E-state index contributed by atoms with van der Waals surface area (Å²) in [5, 5.41) is 0. The van der Waals surface area contributed by atoms with Gasteiger partial charge in [0.1, 0.15) is 24.0 Å². The summed E-state index contributed by atoms with van der Waals surface area (Å²) in [4.78, 5) is 20.6. The Labute approximate surface area is 238 Å². The molecule has 0 bridgehead atoms. The number of carbonyl (C=O) groups is 1. The predicted molar refractivity (Wildman–Crippen MR) is 159 cm³/mol. The number of hydrogen-bond acceptors (Lipinski definition) is 5. The first-order valence-corrected chi connectivity index (χ1v) is 14.2. The van der Waals surface area contributed by atoms with E-state index in [-0.39, 0.29) is 54.4 Å². The van der Waals surface area contributed by atoms with Crippen molar-refractivity contribution in [3.8, 4) is 5.75 Å². The minimum absolute atomic E-state index is 0.0482. The summed E-state index contributed by atoms with van der Waals surface area (Å²) in [5.41, 5.74) is 6.69. The largest absolute Gasteiger partial charge is 0.497 e. The Kier molecular flexibility index (Phi) is 13.2. The molecule has 8 heteroatoms. The zero-order chi connectivity index (χ0) is 29.8. The molecule has 4 atom stereocenters.